The number of ether oxygens (including phenoxy) is 4. The van der Waals surface area contributed by atoms with Crippen molar-refractivity contribution >= 4 is 268 Å². The van der Waals surface area contributed by atoms with Gasteiger partial charge in [0.15, 0.2) is 0 Å². The summed E-state index contributed by atoms with van der Waals surface area (Å²) < 4.78 is 46.7. The molecule has 32 rings (SSSR count). The predicted molar refractivity (Wildman–Crippen MR) is 595 cm³/mol. The Kier molecular flexibility index (Phi) is 19.6. The van der Waals surface area contributed by atoms with Gasteiger partial charge in [-0.05, 0) is 0 Å². The Morgan fingerprint density at radius 2 is 0.350 bits per heavy atom. The summed E-state index contributed by atoms with van der Waals surface area (Å²) in [5.41, 5.74) is 29.0. The molecule has 16 heteroatoms. The van der Waals surface area contributed by atoms with E-state index in [2.05, 4.69) is 479 Å². The Morgan fingerprint density at radius 1 is 0.164 bits per heavy atom. The number of hydrogen-bond acceptors (Lipinski definition) is 12. The maximum atomic E-state index is 7.57. The molecule has 12 aliphatic rings. The fourth-order valence-corrected chi connectivity index (χ4v) is 57.1. The molecule has 0 bridgehead atoms. The third-order valence-corrected chi connectivity index (χ3v) is 58.5. The van der Waals surface area contributed by atoms with Crippen molar-refractivity contribution < 1.29 is 18.9 Å². The van der Waals surface area contributed by atoms with Crippen molar-refractivity contribution in [3.63, 3.8) is 0 Å². The Labute approximate surface area is 833 Å². The van der Waals surface area contributed by atoms with Crippen molar-refractivity contribution in [3.05, 3.63) is 413 Å². The molecule has 12 heterocycles. The number of para-hydroxylation sites is 8. The molecule has 0 aliphatic carbocycles. The van der Waals surface area contributed by atoms with Gasteiger partial charge in [0.2, 0.25) is 0 Å². The Balaban J connectivity index is 0.000000132. The molecule has 0 saturated heterocycles. The van der Waals surface area contributed by atoms with Crippen molar-refractivity contribution in [1.82, 2.24) is 0 Å². The zero-order valence-corrected chi connectivity index (χ0v) is 85.9. The molecule has 4 atom stereocenters. The molecule has 0 saturated carbocycles. The van der Waals surface area contributed by atoms with E-state index >= 15 is 0 Å². The number of hydrogen-bond donors (Lipinski definition) is 0. The predicted octanol–water partition coefficient (Wildman–Crippen LogP) is 25.5. The molecule has 672 valence electrons. The Hall–Kier alpha value is -15.3. The quantitative estimate of drug-likeness (QED) is 0.136. The summed E-state index contributed by atoms with van der Waals surface area (Å²) >= 11 is -11.7. The van der Waals surface area contributed by atoms with E-state index in [1.165, 1.54) is 173 Å². The monoisotopic (exact) mass is 2060 g/mol. The van der Waals surface area contributed by atoms with Gasteiger partial charge in [0.25, 0.3) is 0 Å². The molecule has 0 spiro atoms. The average molecular weight is 2050 g/mol. The van der Waals surface area contributed by atoms with Crippen LogP contribution in [0.3, 0.4) is 0 Å². The second kappa shape index (κ2) is 32.7. The molecule has 0 amide bonds. The van der Waals surface area contributed by atoms with Crippen molar-refractivity contribution in [2.24, 2.45) is 0 Å². The van der Waals surface area contributed by atoms with Gasteiger partial charge < -0.3 is 0 Å². The second-order valence-electron chi connectivity index (χ2n) is 37.3. The second-order valence-corrected chi connectivity index (χ2v) is 59.1. The van der Waals surface area contributed by atoms with Crippen LogP contribution < -0.4 is 111 Å². The van der Waals surface area contributed by atoms with Crippen LogP contribution in [0.25, 0.3) is 21.5 Å². The van der Waals surface area contributed by atoms with Gasteiger partial charge in [-0.25, -0.2) is 0 Å². The molecule has 12 nitrogen and oxygen atoms in total. The van der Waals surface area contributed by atoms with Gasteiger partial charge in [0, 0.05) is 0 Å². The normalized spacial score (nSPS) is 15.9. The standard InChI is InChI=1S/2C58H36Ge2N4O2.2C3H8.2CH4/c1-5-17-35(18-6-1)61-41-25-13-27-43-51(41)59-53-45(61)29-15-31-47(53)65-49-33-40-39(57(55(49)59)63(43)37-21-9-3-10-22-37)34-50-56-58(40)64(38-23-11-4-12-24-38)44-28-14-26-42-52(44)60(56)54-46(30-16-32-48(54)66-50)62(42)36-19-7-2-8-20-36;1-5-17-35(18-6-1)61-41-25-13-27-43-51(41)59-54-46(61)30-16-32-49(54)66-58-40-34-50-56-57(39(40)33-47(55(58)59)63(43)37-21-9-3-10-22-37)64(38-23-11-4-12-24-38)44-28-14-26-42-52(44)60(56)53-45(29-15-31-48(53)65-50)62(42)36-19-7-2-8-20-36;2*1-3-2;;/h2*1-34,59-60H;2*3H2,1-2H3;2*1H4. The minimum absolute atomic E-state index is 0. The number of benzene rings is 20. The number of nitrogens with zero attached hydrogens (tertiary/aromatic N) is 8. The van der Waals surface area contributed by atoms with Gasteiger partial charge >= 0.3 is 785 Å². The SMILES string of the molecule is C.C.CCC.CCC.c1ccc(N2c3cccc4[c]3[GeH]3[c]5c2cccc5N(c2ccccc2)c2[c]3c(cc3c5[c]6c(cc23)Oc2cccc3[c]2[GeH]6[c]2c(cccc2N5c2ccccc2)N3c2ccccc2)O4)cc1.c1ccc(N2c3cccc4[c]3[GeH]3[c]5c2cccc5N(c2ccccc2)c2cc5c6[c]7c(cc5c([c]23)O4)Oc2cccc3[c]2[GeH]7[c]2c(cccc2N6c2ccccc2)N3c2ccccc2)cc1. The van der Waals surface area contributed by atoms with Crippen LogP contribution in [0.5, 0.6) is 46.0 Å². The zero-order valence-electron chi connectivity index (χ0n) is 76.2. The van der Waals surface area contributed by atoms with E-state index in [1.54, 1.807) is 0 Å². The summed E-state index contributed by atoms with van der Waals surface area (Å²) in [6, 6.07) is 152. The van der Waals surface area contributed by atoms with Crippen molar-refractivity contribution in [3.8, 4) is 46.0 Å². The average Bonchev–Trinajstić information content (AvgIpc) is 0.668. The fraction of sp³-hybridized carbons (Fsp3) is 0.0645. The summed E-state index contributed by atoms with van der Waals surface area (Å²) in [6.07, 6.45) is 2.50. The van der Waals surface area contributed by atoms with Crippen LogP contribution in [0.1, 0.15) is 55.4 Å². The van der Waals surface area contributed by atoms with Gasteiger partial charge in [0.05, 0.1) is 0 Å². The first-order chi connectivity index (χ1) is 68.4. The van der Waals surface area contributed by atoms with E-state index in [0.29, 0.717) is 0 Å². The molecular weight excluding hydrogens is 1960 g/mol. The van der Waals surface area contributed by atoms with Crippen LogP contribution in [-0.2, 0) is 0 Å². The van der Waals surface area contributed by atoms with Crippen LogP contribution in [0.2, 0.25) is 0 Å². The summed E-state index contributed by atoms with van der Waals surface area (Å²) in [7, 11) is 0. The molecule has 140 heavy (non-hydrogen) atoms. The molecule has 20 aromatic rings. The van der Waals surface area contributed by atoms with E-state index in [4.69, 9.17) is 18.9 Å². The number of anilines is 24. The summed E-state index contributed by atoms with van der Waals surface area (Å²) in [4.78, 5) is 20.1. The van der Waals surface area contributed by atoms with Gasteiger partial charge in [-0.3, -0.25) is 0 Å². The van der Waals surface area contributed by atoms with Crippen LogP contribution >= 0.6 is 0 Å². The van der Waals surface area contributed by atoms with E-state index in [0.717, 1.165) is 96.9 Å². The van der Waals surface area contributed by atoms with Crippen LogP contribution in [0.15, 0.2) is 413 Å². The number of fused-ring (bicyclic) bond motifs is 6. The number of rotatable bonds is 8. The fourth-order valence-electron chi connectivity index (χ4n) is 24.7. The third-order valence-electron chi connectivity index (χ3n) is 29.4. The molecular formula is C124H96Ge4N8O4. The first-order valence-electron chi connectivity index (χ1n) is 48.3. The summed E-state index contributed by atoms with van der Waals surface area (Å²) in [6.45, 7) is 8.50. The van der Waals surface area contributed by atoms with Crippen molar-refractivity contribution in [2.75, 3.05) is 39.2 Å². The van der Waals surface area contributed by atoms with E-state index in [-0.39, 0.29) is 14.9 Å². The van der Waals surface area contributed by atoms with Crippen LogP contribution in [0, 0.1) is 0 Å². The van der Waals surface area contributed by atoms with E-state index in [9.17, 15) is 0 Å². The van der Waals surface area contributed by atoms with Gasteiger partial charge in [-0.15, -0.1) is 0 Å². The van der Waals surface area contributed by atoms with E-state index < -0.39 is 57.4 Å². The molecule has 0 radical (unpaired) electrons. The topological polar surface area (TPSA) is 62.8 Å². The first-order valence-corrected chi connectivity index (χ1v) is 62.9. The Bertz CT molecular complexity index is 7930. The minimum atomic E-state index is -2.93. The molecule has 0 aromatic heterocycles. The molecule has 12 aliphatic heterocycles. The van der Waals surface area contributed by atoms with Gasteiger partial charge in [-0.1, -0.05) is 55.4 Å². The summed E-state index contributed by atoms with van der Waals surface area (Å²) in [5.74, 6) is 7.83. The Morgan fingerprint density at radius 3 is 0.600 bits per heavy atom. The molecule has 0 fully saturated rings. The van der Waals surface area contributed by atoms with Crippen LogP contribution in [0.4, 0.5) is 136 Å². The first kappa shape index (κ1) is 84.0. The maximum absolute atomic E-state index is 7.57. The van der Waals surface area contributed by atoms with Gasteiger partial charge in [0.1, 0.15) is 0 Å². The third kappa shape index (κ3) is 11.8. The molecule has 0 N–H and O–H groups in total. The van der Waals surface area contributed by atoms with Crippen molar-refractivity contribution in [1.29, 1.82) is 0 Å². The van der Waals surface area contributed by atoms with Crippen molar-refractivity contribution in [2.45, 2.75) is 55.4 Å². The molecule has 4 unspecified atom stereocenters. The summed E-state index contributed by atoms with van der Waals surface area (Å²) in [5, 5.41) is 4.67. The van der Waals surface area contributed by atoms with Crippen LogP contribution in [-0.4, -0.2) is 57.4 Å². The zero-order chi connectivity index (χ0) is 91.0. The van der Waals surface area contributed by atoms with E-state index in [1.807, 2.05) is 0 Å². The van der Waals surface area contributed by atoms with Gasteiger partial charge in [-0.2, -0.15) is 0 Å². The molecule has 20 aromatic carbocycles.